The zero-order valence-corrected chi connectivity index (χ0v) is 26.4. The van der Waals surface area contributed by atoms with E-state index in [1.165, 1.54) is 10.5 Å². The smallest absolute Gasteiger partial charge is 0.266 e. The number of hydrogen-bond donors (Lipinski definition) is 0. The Bertz CT molecular complexity index is 1610. The Morgan fingerprint density at radius 3 is 1.76 bits per heavy atom. The van der Waals surface area contributed by atoms with Crippen LogP contribution in [-0.4, -0.2) is 11.8 Å². The lowest BCUT2D eigenvalue weighted by atomic mass is 9.70. The van der Waals surface area contributed by atoms with Crippen LogP contribution in [0.25, 0.3) is 10.8 Å². The van der Waals surface area contributed by atoms with Crippen molar-refractivity contribution < 1.29 is 14.3 Å². The van der Waals surface area contributed by atoms with E-state index in [4.69, 9.17) is 4.74 Å². The monoisotopic (exact) mass is 561 g/mol. The van der Waals surface area contributed by atoms with Gasteiger partial charge < -0.3 is 4.74 Å². The fourth-order valence-electron chi connectivity index (χ4n) is 6.31. The average molecular weight is 562 g/mol. The van der Waals surface area contributed by atoms with Gasteiger partial charge in [-0.1, -0.05) is 105 Å². The third-order valence-corrected chi connectivity index (χ3v) is 9.40. The molecule has 0 N–H and O–H groups in total. The Hall–Kier alpha value is -3.92. The topological polar surface area (TPSA) is 46.6 Å². The molecule has 1 aliphatic heterocycles. The average Bonchev–Trinajstić information content (AvgIpc) is 2.96. The second-order valence-corrected chi connectivity index (χ2v) is 13.3. The molecule has 0 saturated heterocycles. The summed E-state index contributed by atoms with van der Waals surface area (Å²) in [4.78, 5) is 29.7. The van der Waals surface area contributed by atoms with Crippen LogP contribution < -0.4 is 9.64 Å². The second-order valence-electron chi connectivity index (χ2n) is 13.3. The van der Waals surface area contributed by atoms with Crippen molar-refractivity contribution in [2.24, 2.45) is 11.8 Å². The summed E-state index contributed by atoms with van der Waals surface area (Å²) < 4.78 is 6.39. The molecule has 0 aliphatic carbocycles. The molecule has 0 radical (unpaired) electrons. The molecule has 4 aromatic rings. The number of carbonyl (C=O) groups excluding carboxylic acids is 2. The van der Waals surface area contributed by atoms with E-state index in [9.17, 15) is 9.59 Å². The normalized spacial score (nSPS) is 14.4. The van der Waals surface area contributed by atoms with Gasteiger partial charge in [-0.25, -0.2) is 4.90 Å². The minimum absolute atomic E-state index is 0.0309. The molecular weight excluding hydrogens is 518 g/mol. The van der Waals surface area contributed by atoms with Gasteiger partial charge in [-0.2, -0.15) is 0 Å². The lowest BCUT2D eigenvalue weighted by Gasteiger charge is -2.35. The lowest BCUT2D eigenvalue weighted by Crippen LogP contribution is -2.41. The summed E-state index contributed by atoms with van der Waals surface area (Å²) >= 11 is 0. The summed E-state index contributed by atoms with van der Waals surface area (Å²) in [6.07, 6.45) is 0. The molecule has 4 nitrogen and oxygen atoms in total. The second kappa shape index (κ2) is 11.1. The van der Waals surface area contributed by atoms with Gasteiger partial charge in [-0.3, -0.25) is 9.59 Å². The Morgan fingerprint density at radius 2 is 1.21 bits per heavy atom. The molecule has 218 valence electrons. The molecule has 0 spiro atoms. The molecule has 1 unspecified atom stereocenters. The number of anilines is 1. The van der Waals surface area contributed by atoms with Gasteiger partial charge in [0.05, 0.1) is 5.69 Å². The van der Waals surface area contributed by atoms with E-state index in [1.54, 1.807) is 6.07 Å². The standard InChI is InChI=1S/C38H43NO3/c1-22(2)25(7)38(8,9)26-16-18-27(19-17-26)42-33-21-20-32-34-30(33)14-11-15-31(34)36(40)39(37(32)41)35-28(23(3)4)12-10-13-29(35)24(5)6/h10-25H,1-9H3. The van der Waals surface area contributed by atoms with Crippen molar-refractivity contribution in [1.82, 2.24) is 0 Å². The van der Waals surface area contributed by atoms with Gasteiger partial charge in [0.15, 0.2) is 0 Å². The molecule has 42 heavy (non-hydrogen) atoms. The first-order chi connectivity index (χ1) is 19.8. The number of carbonyl (C=O) groups is 2. The van der Waals surface area contributed by atoms with Gasteiger partial charge in [-0.15, -0.1) is 0 Å². The van der Waals surface area contributed by atoms with E-state index in [0.29, 0.717) is 34.1 Å². The summed E-state index contributed by atoms with van der Waals surface area (Å²) in [5.74, 6) is 2.14. The highest BCUT2D eigenvalue weighted by Crippen LogP contribution is 2.43. The summed E-state index contributed by atoms with van der Waals surface area (Å²) in [6.45, 7) is 19.8. The van der Waals surface area contributed by atoms with Crippen molar-refractivity contribution in [2.45, 2.75) is 79.6 Å². The third kappa shape index (κ3) is 4.91. The highest BCUT2D eigenvalue weighted by Gasteiger charge is 2.37. The number of benzene rings is 4. The van der Waals surface area contributed by atoms with Gasteiger partial charge in [-0.05, 0) is 76.1 Å². The van der Waals surface area contributed by atoms with Crippen LogP contribution in [0.3, 0.4) is 0 Å². The third-order valence-electron chi connectivity index (χ3n) is 9.40. The first-order valence-electron chi connectivity index (χ1n) is 15.2. The molecule has 2 amide bonds. The molecule has 1 heterocycles. The quantitative estimate of drug-likeness (QED) is 0.201. The molecule has 0 aromatic heterocycles. The number of rotatable bonds is 8. The number of para-hydroxylation sites is 1. The lowest BCUT2D eigenvalue weighted by molar-refractivity contribution is 0.0893. The van der Waals surface area contributed by atoms with Crippen LogP contribution in [0.15, 0.2) is 72.8 Å². The van der Waals surface area contributed by atoms with Crippen molar-refractivity contribution >= 4 is 28.3 Å². The van der Waals surface area contributed by atoms with Crippen molar-refractivity contribution in [3.8, 4) is 11.5 Å². The van der Waals surface area contributed by atoms with Gasteiger partial charge in [0.25, 0.3) is 11.8 Å². The molecule has 4 aromatic carbocycles. The summed E-state index contributed by atoms with van der Waals surface area (Å²) in [7, 11) is 0. The molecule has 4 heteroatoms. The molecule has 0 bridgehead atoms. The van der Waals surface area contributed by atoms with Gasteiger partial charge in [0.2, 0.25) is 0 Å². The van der Waals surface area contributed by atoms with Crippen LogP contribution in [0.5, 0.6) is 11.5 Å². The largest absolute Gasteiger partial charge is 0.457 e. The van der Waals surface area contributed by atoms with Crippen LogP contribution >= 0.6 is 0 Å². The number of nitrogens with zero attached hydrogens (tertiary/aromatic N) is 1. The van der Waals surface area contributed by atoms with Crippen LogP contribution in [0, 0.1) is 11.8 Å². The predicted octanol–water partition coefficient (Wildman–Crippen LogP) is 10.2. The summed E-state index contributed by atoms with van der Waals surface area (Å²) in [6, 6.07) is 23.6. The summed E-state index contributed by atoms with van der Waals surface area (Å²) in [5.41, 5.74) is 5.03. The van der Waals surface area contributed by atoms with Gasteiger partial charge in [0, 0.05) is 21.9 Å². The van der Waals surface area contributed by atoms with Crippen molar-refractivity contribution in [3.63, 3.8) is 0 Å². The van der Waals surface area contributed by atoms with Crippen molar-refractivity contribution in [1.29, 1.82) is 0 Å². The zero-order valence-electron chi connectivity index (χ0n) is 26.4. The Kier molecular flexibility index (Phi) is 7.78. The first-order valence-corrected chi connectivity index (χ1v) is 15.2. The first kappa shape index (κ1) is 29.6. The Morgan fingerprint density at radius 1 is 0.667 bits per heavy atom. The highest BCUT2D eigenvalue weighted by molar-refractivity contribution is 6.36. The van der Waals surface area contributed by atoms with Crippen LogP contribution in [0.1, 0.15) is 112 Å². The Balaban J connectivity index is 1.55. The van der Waals surface area contributed by atoms with E-state index in [2.05, 4.69) is 74.4 Å². The summed E-state index contributed by atoms with van der Waals surface area (Å²) in [5, 5.41) is 1.41. The van der Waals surface area contributed by atoms with Gasteiger partial charge >= 0.3 is 0 Å². The molecule has 1 aliphatic rings. The van der Waals surface area contributed by atoms with E-state index < -0.39 is 0 Å². The van der Waals surface area contributed by atoms with Crippen LogP contribution in [-0.2, 0) is 5.41 Å². The van der Waals surface area contributed by atoms with E-state index >= 15 is 0 Å². The van der Waals surface area contributed by atoms with E-state index in [-0.39, 0.29) is 29.1 Å². The fourth-order valence-corrected chi connectivity index (χ4v) is 6.31. The highest BCUT2D eigenvalue weighted by atomic mass is 16.5. The van der Waals surface area contributed by atoms with Gasteiger partial charge in [0.1, 0.15) is 11.5 Å². The van der Waals surface area contributed by atoms with Crippen molar-refractivity contribution in [2.75, 3.05) is 4.90 Å². The number of imide groups is 1. The number of amides is 2. The molecule has 0 fully saturated rings. The minimum Gasteiger partial charge on any atom is -0.457 e. The molecular formula is C38H43NO3. The predicted molar refractivity (Wildman–Crippen MR) is 173 cm³/mol. The maximum absolute atomic E-state index is 14.1. The molecule has 0 saturated carbocycles. The Labute approximate surface area is 250 Å². The fraction of sp³-hybridized carbons (Fsp3) is 0.368. The van der Waals surface area contributed by atoms with E-state index in [0.717, 1.165) is 28.0 Å². The van der Waals surface area contributed by atoms with Crippen LogP contribution in [0.4, 0.5) is 5.69 Å². The zero-order chi connectivity index (χ0) is 30.5. The van der Waals surface area contributed by atoms with Crippen molar-refractivity contribution in [3.05, 3.63) is 101 Å². The maximum Gasteiger partial charge on any atom is 0.266 e. The minimum atomic E-state index is -0.295. The molecule has 1 atom stereocenters. The maximum atomic E-state index is 14.1. The van der Waals surface area contributed by atoms with E-state index in [1.807, 2.05) is 54.6 Å². The SMILES string of the molecule is CC(C)c1cccc(C(C)C)c1N1C(=O)c2cccc3c(Oc4ccc(C(C)(C)C(C)C(C)C)cc4)ccc(c23)C1=O. The number of hydrogen-bond acceptors (Lipinski definition) is 3. The molecule has 5 rings (SSSR count). The number of ether oxygens (including phenoxy) is 1. The van der Waals surface area contributed by atoms with Crippen LogP contribution in [0.2, 0.25) is 0 Å².